The highest BCUT2D eigenvalue weighted by Gasteiger charge is 2.17. The first-order valence-electron chi connectivity index (χ1n) is 6.69. The smallest absolute Gasteiger partial charge is 0.334 e. The first-order valence-corrected chi connectivity index (χ1v) is 6.69. The summed E-state index contributed by atoms with van der Waals surface area (Å²) in [4.78, 5) is 22.3. The molecule has 0 aromatic heterocycles. The van der Waals surface area contributed by atoms with Gasteiger partial charge in [-0.1, -0.05) is 26.0 Å². The summed E-state index contributed by atoms with van der Waals surface area (Å²) >= 11 is 0. The molecule has 0 heterocycles. The number of rotatable bonds is 8. The largest absolute Gasteiger partial charge is 0.484 e. The van der Waals surface area contributed by atoms with Gasteiger partial charge >= 0.3 is 5.97 Å². The summed E-state index contributed by atoms with van der Waals surface area (Å²) in [5.74, 6) is -0.533. The monoisotopic (exact) mass is 295 g/mol. The van der Waals surface area contributed by atoms with Gasteiger partial charge in [0.25, 0.3) is 5.91 Å². The van der Waals surface area contributed by atoms with Crippen molar-refractivity contribution in [1.82, 2.24) is 5.32 Å². The Bertz CT molecular complexity index is 487. The summed E-state index contributed by atoms with van der Waals surface area (Å²) in [5.41, 5.74) is 1.12. The van der Waals surface area contributed by atoms with Crippen LogP contribution < -0.4 is 10.1 Å². The summed E-state index contributed by atoms with van der Waals surface area (Å²) in [5, 5.41) is 11.2. The van der Waals surface area contributed by atoms with Crippen LogP contribution in [0.3, 0.4) is 0 Å². The highest BCUT2D eigenvalue weighted by atomic mass is 16.5. The normalized spacial score (nSPS) is 12.0. The van der Waals surface area contributed by atoms with Crippen LogP contribution in [-0.2, 0) is 14.3 Å². The van der Waals surface area contributed by atoms with Gasteiger partial charge in [0.05, 0.1) is 6.54 Å². The van der Waals surface area contributed by atoms with Crippen LogP contribution in [0.1, 0.15) is 25.3 Å². The lowest BCUT2D eigenvalue weighted by Crippen LogP contribution is -2.39. The van der Waals surface area contributed by atoms with Gasteiger partial charge in [-0.05, 0) is 23.6 Å². The number of carbonyl (C=O) groups is 2. The molecule has 1 amide bonds. The molecule has 0 aliphatic rings. The molecule has 1 aromatic carbocycles. The molecule has 0 aliphatic carbocycles. The maximum absolute atomic E-state index is 11.6. The topological polar surface area (TPSA) is 84.9 Å². The number of carboxylic acids is 1. The Morgan fingerprint density at radius 1 is 1.33 bits per heavy atom. The van der Waals surface area contributed by atoms with E-state index in [-0.39, 0.29) is 13.2 Å². The number of hydrogen-bond donors (Lipinski definition) is 2. The summed E-state index contributed by atoms with van der Waals surface area (Å²) in [7, 11) is 1.28. The minimum Gasteiger partial charge on any atom is -0.484 e. The number of benzene rings is 1. The Balaban J connectivity index is 2.42. The zero-order valence-corrected chi connectivity index (χ0v) is 12.5. The van der Waals surface area contributed by atoms with Crippen molar-refractivity contribution in [3.05, 3.63) is 29.8 Å². The Morgan fingerprint density at radius 2 is 2.05 bits per heavy atom. The van der Waals surface area contributed by atoms with E-state index >= 15 is 0 Å². The summed E-state index contributed by atoms with van der Waals surface area (Å²) in [6.45, 7) is 3.88. The van der Waals surface area contributed by atoms with Gasteiger partial charge < -0.3 is 19.9 Å². The van der Waals surface area contributed by atoms with E-state index in [0.717, 1.165) is 5.56 Å². The van der Waals surface area contributed by atoms with Crippen LogP contribution >= 0.6 is 0 Å². The van der Waals surface area contributed by atoms with Crippen molar-refractivity contribution in [2.75, 3.05) is 20.3 Å². The molecule has 1 unspecified atom stereocenters. The number of hydrogen-bond acceptors (Lipinski definition) is 4. The van der Waals surface area contributed by atoms with Crippen LogP contribution in [0.15, 0.2) is 24.3 Å². The van der Waals surface area contributed by atoms with Gasteiger partial charge in [0.2, 0.25) is 0 Å². The molecule has 0 saturated carbocycles. The molecule has 1 aromatic rings. The molecule has 6 heteroatoms. The molecule has 21 heavy (non-hydrogen) atoms. The second-order valence-electron chi connectivity index (χ2n) is 4.88. The number of carbonyl (C=O) groups excluding carboxylic acids is 1. The second-order valence-corrected chi connectivity index (χ2v) is 4.88. The van der Waals surface area contributed by atoms with Crippen molar-refractivity contribution in [2.24, 2.45) is 0 Å². The third kappa shape index (κ3) is 5.83. The fourth-order valence-corrected chi connectivity index (χ4v) is 1.64. The minimum absolute atomic E-state index is 0.0972. The Morgan fingerprint density at radius 3 is 2.62 bits per heavy atom. The number of nitrogens with one attached hydrogen (secondary N) is 1. The van der Waals surface area contributed by atoms with E-state index in [2.05, 4.69) is 19.2 Å². The Kier molecular flexibility index (Phi) is 6.68. The SMILES string of the molecule is COC(CNC(=O)COc1cccc(C(C)C)c1)C(=O)O. The molecule has 0 radical (unpaired) electrons. The van der Waals surface area contributed by atoms with E-state index in [4.69, 9.17) is 14.6 Å². The molecule has 1 rings (SSSR count). The zero-order chi connectivity index (χ0) is 15.8. The Labute approximate surface area is 124 Å². The van der Waals surface area contributed by atoms with Crippen molar-refractivity contribution >= 4 is 11.9 Å². The predicted octanol–water partition coefficient (Wildman–Crippen LogP) is 1.40. The van der Waals surface area contributed by atoms with E-state index in [9.17, 15) is 9.59 Å². The maximum Gasteiger partial charge on any atom is 0.334 e. The van der Waals surface area contributed by atoms with Crippen molar-refractivity contribution in [1.29, 1.82) is 0 Å². The van der Waals surface area contributed by atoms with Gasteiger partial charge in [0, 0.05) is 7.11 Å². The lowest BCUT2D eigenvalue weighted by atomic mass is 10.0. The van der Waals surface area contributed by atoms with Gasteiger partial charge in [-0.3, -0.25) is 4.79 Å². The third-order valence-electron chi connectivity index (χ3n) is 2.94. The first kappa shape index (κ1) is 17.0. The molecular formula is C15H21NO5. The highest BCUT2D eigenvalue weighted by Crippen LogP contribution is 2.19. The predicted molar refractivity (Wildman–Crippen MR) is 77.5 cm³/mol. The molecule has 0 aliphatic heterocycles. The van der Waals surface area contributed by atoms with E-state index in [1.54, 1.807) is 6.07 Å². The zero-order valence-electron chi connectivity index (χ0n) is 12.5. The molecular weight excluding hydrogens is 274 g/mol. The number of amides is 1. The van der Waals surface area contributed by atoms with Crippen molar-refractivity contribution < 1.29 is 24.2 Å². The fourth-order valence-electron chi connectivity index (χ4n) is 1.64. The standard InChI is InChI=1S/C15H21NO5/c1-10(2)11-5-4-6-12(7-11)21-9-14(17)16-8-13(20-3)15(18)19/h4-7,10,13H,8-9H2,1-3H3,(H,16,17)(H,18,19). The summed E-state index contributed by atoms with van der Waals surface area (Å²) in [6.07, 6.45) is -1.06. The average molecular weight is 295 g/mol. The lowest BCUT2D eigenvalue weighted by Gasteiger charge is -2.12. The maximum atomic E-state index is 11.6. The van der Waals surface area contributed by atoms with Crippen LogP contribution in [0.4, 0.5) is 0 Å². The first-order chi connectivity index (χ1) is 9.93. The Hall–Kier alpha value is -2.08. The van der Waals surface area contributed by atoms with Crippen LogP contribution in [0.5, 0.6) is 5.75 Å². The number of ether oxygens (including phenoxy) is 2. The van der Waals surface area contributed by atoms with E-state index in [1.807, 2.05) is 18.2 Å². The third-order valence-corrected chi connectivity index (χ3v) is 2.94. The minimum atomic E-state index is -1.12. The van der Waals surface area contributed by atoms with Crippen LogP contribution in [0.25, 0.3) is 0 Å². The van der Waals surface area contributed by atoms with Crippen molar-refractivity contribution in [3.63, 3.8) is 0 Å². The summed E-state index contributed by atoms with van der Waals surface area (Å²) in [6, 6.07) is 7.52. The number of aliphatic carboxylic acids is 1. The molecule has 6 nitrogen and oxygen atoms in total. The molecule has 0 bridgehead atoms. The molecule has 0 saturated heterocycles. The van der Waals surface area contributed by atoms with E-state index in [1.165, 1.54) is 7.11 Å². The summed E-state index contributed by atoms with van der Waals surface area (Å²) < 4.78 is 10.1. The van der Waals surface area contributed by atoms with Crippen LogP contribution in [-0.4, -0.2) is 43.3 Å². The number of carboxylic acid groups (broad SMARTS) is 1. The number of methoxy groups -OCH3 is 1. The van der Waals surface area contributed by atoms with Gasteiger partial charge in [-0.2, -0.15) is 0 Å². The van der Waals surface area contributed by atoms with Gasteiger partial charge in [-0.15, -0.1) is 0 Å². The fraction of sp³-hybridized carbons (Fsp3) is 0.467. The van der Waals surface area contributed by atoms with E-state index in [0.29, 0.717) is 11.7 Å². The van der Waals surface area contributed by atoms with Crippen LogP contribution in [0.2, 0.25) is 0 Å². The van der Waals surface area contributed by atoms with Crippen molar-refractivity contribution in [3.8, 4) is 5.75 Å². The van der Waals surface area contributed by atoms with Gasteiger partial charge in [0.15, 0.2) is 12.7 Å². The quantitative estimate of drug-likeness (QED) is 0.757. The molecule has 2 N–H and O–H groups in total. The highest BCUT2D eigenvalue weighted by molar-refractivity contribution is 5.79. The molecule has 0 fully saturated rings. The second kappa shape index (κ2) is 8.26. The molecule has 116 valence electrons. The van der Waals surface area contributed by atoms with Gasteiger partial charge in [-0.25, -0.2) is 4.79 Å². The van der Waals surface area contributed by atoms with Gasteiger partial charge in [0.1, 0.15) is 5.75 Å². The van der Waals surface area contributed by atoms with Crippen LogP contribution in [0, 0.1) is 0 Å². The average Bonchev–Trinajstić information content (AvgIpc) is 2.45. The lowest BCUT2D eigenvalue weighted by molar-refractivity contribution is -0.148. The molecule has 1 atom stereocenters. The van der Waals surface area contributed by atoms with Crippen molar-refractivity contribution in [2.45, 2.75) is 25.9 Å². The molecule has 0 spiro atoms. The van der Waals surface area contributed by atoms with E-state index < -0.39 is 18.0 Å².